The highest BCUT2D eigenvalue weighted by Gasteiger charge is 2.31. The van der Waals surface area contributed by atoms with Crippen LogP contribution in [0.4, 0.5) is 0 Å². The molecule has 2 heteroatoms. The van der Waals surface area contributed by atoms with Gasteiger partial charge in [-0.25, -0.2) is 0 Å². The van der Waals surface area contributed by atoms with Gasteiger partial charge < -0.3 is 10.2 Å². The van der Waals surface area contributed by atoms with Crippen molar-refractivity contribution in [1.82, 2.24) is 10.2 Å². The number of hydrogen-bond donors (Lipinski definition) is 1. The highest BCUT2D eigenvalue weighted by atomic mass is 15.2. The molecule has 2 nitrogen and oxygen atoms in total. The van der Waals surface area contributed by atoms with Crippen molar-refractivity contribution in [1.29, 1.82) is 0 Å². The summed E-state index contributed by atoms with van der Waals surface area (Å²) in [6, 6.07) is 0.890. The predicted octanol–water partition coefficient (Wildman–Crippen LogP) is 4.59. The summed E-state index contributed by atoms with van der Waals surface area (Å²) in [6.45, 7) is 7.37. The molecular formula is C19H38N2. The Morgan fingerprint density at radius 3 is 2.24 bits per heavy atom. The van der Waals surface area contributed by atoms with Crippen LogP contribution in [0.2, 0.25) is 0 Å². The first-order chi connectivity index (χ1) is 10.2. The highest BCUT2D eigenvalue weighted by molar-refractivity contribution is 4.91. The van der Waals surface area contributed by atoms with Crippen molar-refractivity contribution in [2.75, 3.05) is 20.1 Å². The Kier molecular flexibility index (Phi) is 7.01. The lowest BCUT2D eigenvalue weighted by Crippen LogP contribution is -2.48. The third-order valence-electron chi connectivity index (χ3n) is 6.05. The molecule has 0 aromatic rings. The SMILES string of the molecule is CNC1(CCN(CCC(C)C)C2CCCC2)CCCCC1. The minimum atomic E-state index is 0.451. The van der Waals surface area contributed by atoms with Crippen LogP contribution in [0.5, 0.6) is 0 Å². The fourth-order valence-electron chi connectivity index (χ4n) is 4.38. The van der Waals surface area contributed by atoms with Gasteiger partial charge in [-0.15, -0.1) is 0 Å². The Labute approximate surface area is 133 Å². The summed E-state index contributed by atoms with van der Waals surface area (Å²) < 4.78 is 0. The molecule has 0 spiro atoms. The number of nitrogens with one attached hydrogen (secondary N) is 1. The van der Waals surface area contributed by atoms with Gasteiger partial charge in [-0.1, -0.05) is 46.0 Å². The van der Waals surface area contributed by atoms with Gasteiger partial charge in [0.05, 0.1) is 0 Å². The van der Waals surface area contributed by atoms with Gasteiger partial charge in [-0.05, 0) is 58.0 Å². The van der Waals surface area contributed by atoms with E-state index in [1.165, 1.54) is 83.7 Å². The van der Waals surface area contributed by atoms with E-state index < -0.39 is 0 Å². The largest absolute Gasteiger partial charge is 0.314 e. The Morgan fingerprint density at radius 1 is 1.00 bits per heavy atom. The van der Waals surface area contributed by atoms with E-state index in [0.717, 1.165) is 12.0 Å². The summed E-state index contributed by atoms with van der Waals surface area (Å²) >= 11 is 0. The monoisotopic (exact) mass is 294 g/mol. The summed E-state index contributed by atoms with van der Waals surface area (Å²) in [5.41, 5.74) is 0.451. The van der Waals surface area contributed by atoms with E-state index in [9.17, 15) is 0 Å². The van der Waals surface area contributed by atoms with Gasteiger partial charge in [-0.3, -0.25) is 0 Å². The van der Waals surface area contributed by atoms with Gasteiger partial charge in [0.15, 0.2) is 0 Å². The van der Waals surface area contributed by atoms with Crippen LogP contribution in [0.15, 0.2) is 0 Å². The lowest BCUT2D eigenvalue weighted by molar-refractivity contribution is 0.144. The lowest BCUT2D eigenvalue weighted by Gasteiger charge is -2.40. The Bertz CT molecular complexity index is 275. The first kappa shape index (κ1) is 17.3. The molecule has 0 atom stereocenters. The zero-order valence-electron chi connectivity index (χ0n) is 14.8. The second kappa shape index (κ2) is 8.53. The number of nitrogens with zero attached hydrogens (tertiary/aromatic N) is 1. The van der Waals surface area contributed by atoms with Gasteiger partial charge in [0, 0.05) is 18.1 Å². The fourth-order valence-corrected chi connectivity index (χ4v) is 4.38. The van der Waals surface area contributed by atoms with Crippen LogP contribution in [-0.2, 0) is 0 Å². The van der Waals surface area contributed by atoms with Crippen molar-refractivity contribution >= 4 is 0 Å². The van der Waals surface area contributed by atoms with Crippen LogP contribution in [-0.4, -0.2) is 36.6 Å². The van der Waals surface area contributed by atoms with Crippen molar-refractivity contribution in [3.8, 4) is 0 Å². The van der Waals surface area contributed by atoms with Crippen molar-refractivity contribution in [2.24, 2.45) is 5.92 Å². The maximum Gasteiger partial charge on any atom is 0.0190 e. The minimum Gasteiger partial charge on any atom is -0.314 e. The summed E-state index contributed by atoms with van der Waals surface area (Å²) in [6.07, 6.45) is 15.6. The van der Waals surface area contributed by atoms with E-state index in [4.69, 9.17) is 0 Å². The van der Waals surface area contributed by atoms with Gasteiger partial charge >= 0.3 is 0 Å². The molecular weight excluding hydrogens is 256 g/mol. The van der Waals surface area contributed by atoms with Gasteiger partial charge in [0.25, 0.3) is 0 Å². The smallest absolute Gasteiger partial charge is 0.0190 e. The van der Waals surface area contributed by atoms with Crippen molar-refractivity contribution < 1.29 is 0 Å². The molecule has 124 valence electrons. The number of hydrogen-bond acceptors (Lipinski definition) is 2. The van der Waals surface area contributed by atoms with Crippen LogP contribution in [0.1, 0.15) is 84.5 Å². The molecule has 1 N–H and O–H groups in total. The molecule has 0 aliphatic heterocycles. The minimum absolute atomic E-state index is 0.451. The predicted molar refractivity (Wildman–Crippen MR) is 92.8 cm³/mol. The fraction of sp³-hybridized carbons (Fsp3) is 1.00. The molecule has 0 saturated heterocycles. The number of rotatable bonds is 8. The maximum absolute atomic E-state index is 3.70. The van der Waals surface area contributed by atoms with Crippen LogP contribution in [0.25, 0.3) is 0 Å². The standard InChI is InChI=1S/C19H38N2/c1-17(2)11-15-21(18-9-5-6-10-18)16-14-19(20-3)12-7-4-8-13-19/h17-18,20H,4-16H2,1-3H3. The quantitative estimate of drug-likeness (QED) is 0.704. The molecule has 0 amide bonds. The molecule has 2 rings (SSSR count). The summed E-state index contributed by atoms with van der Waals surface area (Å²) in [5.74, 6) is 0.835. The molecule has 2 aliphatic carbocycles. The molecule has 0 radical (unpaired) electrons. The van der Waals surface area contributed by atoms with E-state index in [2.05, 4.69) is 31.1 Å². The van der Waals surface area contributed by atoms with Crippen LogP contribution >= 0.6 is 0 Å². The second-order valence-corrected chi connectivity index (χ2v) is 8.00. The second-order valence-electron chi connectivity index (χ2n) is 8.00. The lowest BCUT2D eigenvalue weighted by atomic mass is 9.79. The summed E-state index contributed by atoms with van der Waals surface area (Å²) in [4.78, 5) is 2.85. The zero-order valence-corrected chi connectivity index (χ0v) is 14.8. The third-order valence-corrected chi connectivity index (χ3v) is 6.05. The van der Waals surface area contributed by atoms with Gasteiger partial charge in [-0.2, -0.15) is 0 Å². The van der Waals surface area contributed by atoms with E-state index in [0.29, 0.717) is 5.54 Å². The van der Waals surface area contributed by atoms with Crippen molar-refractivity contribution in [3.05, 3.63) is 0 Å². The first-order valence-electron chi connectivity index (χ1n) is 9.58. The third kappa shape index (κ3) is 5.25. The Balaban J connectivity index is 1.87. The van der Waals surface area contributed by atoms with E-state index >= 15 is 0 Å². The molecule has 0 unspecified atom stereocenters. The van der Waals surface area contributed by atoms with E-state index in [1.807, 2.05) is 0 Å². The van der Waals surface area contributed by atoms with E-state index in [1.54, 1.807) is 0 Å². The van der Waals surface area contributed by atoms with Crippen molar-refractivity contribution in [2.45, 2.75) is 96.1 Å². The highest BCUT2D eigenvalue weighted by Crippen LogP contribution is 2.32. The molecule has 2 saturated carbocycles. The van der Waals surface area contributed by atoms with E-state index in [-0.39, 0.29) is 0 Å². The summed E-state index contributed by atoms with van der Waals surface area (Å²) in [5, 5.41) is 3.70. The molecule has 0 aromatic carbocycles. The van der Waals surface area contributed by atoms with Gasteiger partial charge in [0.1, 0.15) is 0 Å². The topological polar surface area (TPSA) is 15.3 Å². The first-order valence-corrected chi connectivity index (χ1v) is 9.58. The van der Waals surface area contributed by atoms with Crippen molar-refractivity contribution in [3.63, 3.8) is 0 Å². The van der Waals surface area contributed by atoms with Crippen LogP contribution < -0.4 is 5.32 Å². The zero-order chi connectivity index (χ0) is 15.1. The normalized spacial score (nSPS) is 23.3. The maximum atomic E-state index is 3.70. The molecule has 2 aliphatic rings. The average molecular weight is 295 g/mol. The van der Waals surface area contributed by atoms with Gasteiger partial charge in [0.2, 0.25) is 0 Å². The Hall–Kier alpha value is -0.0800. The summed E-state index contributed by atoms with van der Waals surface area (Å²) in [7, 11) is 2.19. The van der Waals surface area contributed by atoms with Crippen LogP contribution in [0.3, 0.4) is 0 Å². The molecule has 0 bridgehead atoms. The Morgan fingerprint density at radius 2 is 1.67 bits per heavy atom. The molecule has 0 heterocycles. The molecule has 0 aromatic heterocycles. The molecule has 21 heavy (non-hydrogen) atoms. The average Bonchev–Trinajstić information content (AvgIpc) is 3.02. The van der Waals surface area contributed by atoms with Crippen LogP contribution in [0, 0.1) is 5.92 Å². The molecule has 2 fully saturated rings.